The molecule has 0 spiro atoms. The van der Waals surface area contributed by atoms with Crippen molar-refractivity contribution in [2.45, 2.75) is 12.3 Å². The maximum Gasteiger partial charge on any atom is 0.164 e. The molecule has 5 heteroatoms. The monoisotopic (exact) mass is 311 g/mol. The van der Waals surface area contributed by atoms with Gasteiger partial charge in [0.05, 0.1) is 7.11 Å². The van der Waals surface area contributed by atoms with Crippen molar-refractivity contribution in [1.29, 1.82) is 0 Å². The molecule has 1 atom stereocenters. The first kappa shape index (κ1) is 13.6. The molecular weight excluding hydrogens is 294 g/mol. The summed E-state index contributed by atoms with van der Waals surface area (Å²) >= 11 is 2.00. The van der Waals surface area contributed by atoms with Gasteiger partial charge in [-0.2, -0.15) is 11.8 Å². The number of benzene rings is 1. The molecule has 0 saturated carbocycles. The van der Waals surface area contributed by atoms with Gasteiger partial charge in [0.15, 0.2) is 5.65 Å². The fourth-order valence-electron chi connectivity index (χ4n) is 2.93. The number of ether oxygens (including phenoxy) is 1. The first-order chi connectivity index (χ1) is 10.9. The standard InChI is InChI=1S/C17H17N3OS/c1-21-14-6-4-13(5-7-14)20-16(12-8-10-22-11-12)19-15-3-2-9-18-17(15)20/h2-7,9,12H,8,10-11H2,1H3. The Hall–Kier alpha value is -2.01. The molecule has 1 aliphatic heterocycles. The molecule has 112 valence electrons. The molecule has 4 nitrogen and oxygen atoms in total. The van der Waals surface area contributed by atoms with Crippen molar-refractivity contribution in [3.05, 3.63) is 48.4 Å². The van der Waals surface area contributed by atoms with E-state index in [9.17, 15) is 0 Å². The van der Waals surface area contributed by atoms with E-state index in [0.717, 1.165) is 34.2 Å². The second kappa shape index (κ2) is 5.65. The Bertz CT molecular complexity index is 791. The van der Waals surface area contributed by atoms with Gasteiger partial charge in [-0.1, -0.05) is 0 Å². The molecule has 0 aliphatic carbocycles. The van der Waals surface area contributed by atoms with E-state index in [-0.39, 0.29) is 0 Å². The van der Waals surface area contributed by atoms with E-state index in [2.05, 4.69) is 21.7 Å². The Morgan fingerprint density at radius 1 is 1.23 bits per heavy atom. The predicted molar refractivity (Wildman–Crippen MR) is 90.1 cm³/mol. The van der Waals surface area contributed by atoms with Crippen LogP contribution in [0.4, 0.5) is 0 Å². The van der Waals surface area contributed by atoms with E-state index in [1.807, 2.05) is 42.2 Å². The van der Waals surface area contributed by atoms with E-state index in [1.165, 1.54) is 12.2 Å². The topological polar surface area (TPSA) is 39.9 Å². The van der Waals surface area contributed by atoms with Crippen LogP contribution in [0, 0.1) is 0 Å². The minimum atomic E-state index is 0.501. The lowest BCUT2D eigenvalue weighted by atomic mass is 10.1. The fourth-order valence-corrected chi connectivity index (χ4v) is 4.15. The van der Waals surface area contributed by atoms with Gasteiger partial charge >= 0.3 is 0 Å². The lowest BCUT2D eigenvalue weighted by molar-refractivity contribution is 0.414. The van der Waals surface area contributed by atoms with Gasteiger partial charge < -0.3 is 4.74 Å². The second-order valence-corrected chi connectivity index (χ2v) is 6.56. The molecule has 0 N–H and O–H groups in total. The summed E-state index contributed by atoms with van der Waals surface area (Å²) in [6.07, 6.45) is 3.02. The number of methoxy groups -OCH3 is 1. The zero-order valence-electron chi connectivity index (χ0n) is 12.4. The van der Waals surface area contributed by atoms with Crippen molar-refractivity contribution in [2.24, 2.45) is 0 Å². The number of rotatable bonds is 3. The summed E-state index contributed by atoms with van der Waals surface area (Å²) in [4.78, 5) is 9.42. The molecule has 1 aliphatic rings. The van der Waals surface area contributed by atoms with E-state index in [0.29, 0.717) is 5.92 Å². The smallest absolute Gasteiger partial charge is 0.164 e. The number of imidazole rings is 1. The number of thioether (sulfide) groups is 1. The van der Waals surface area contributed by atoms with Gasteiger partial charge in [-0.05, 0) is 48.6 Å². The van der Waals surface area contributed by atoms with Crippen molar-refractivity contribution in [1.82, 2.24) is 14.5 Å². The molecule has 1 unspecified atom stereocenters. The average Bonchev–Trinajstić information content (AvgIpc) is 3.22. The minimum absolute atomic E-state index is 0.501. The molecule has 1 fully saturated rings. The van der Waals surface area contributed by atoms with Crippen molar-refractivity contribution in [3.63, 3.8) is 0 Å². The first-order valence-electron chi connectivity index (χ1n) is 7.42. The van der Waals surface area contributed by atoms with E-state index < -0.39 is 0 Å². The van der Waals surface area contributed by atoms with Crippen LogP contribution in [-0.2, 0) is 0 Å². The van der Waals surface area contributed by atoms with Crippen molar-refractivity contribution in [2.75, 3.05) is 18.6 Å². The molecule has 22 heavy (non-hydrogen) atoms. The number of pyridine rings is 1. The van der Waals surface area contributed by atoms with E-state index >= 15 is 0 Å². The van der Waals surface area contributed by atoms with Gasteiger partial charge in [0.2, 0.25) is 0 Å². The third-order valence-electron chi connectivity index (χ3n) is 4.07. The van der Waals surface area contributed by atoms with Crippen LogP contribution in [0.25, 0.3) is 16.9 Å². The maximum absolute atomic E-state index is 5.26. The third kappa shape index (κ3) is 2.25. The van der Waals surface area contributed by atoms with Crippen LogP contribution in [0.1, 0.15) is 18.2 Å². The molecule has 1 aromatic carbocycles. The van der Waals surface area contributed by atoms with Crippen LogP contribution < -0.4 is 4.74 Å². The molecule has 2 aromatic heterocycles. The van der Waals surface area contributed by atoms with Crippen LogP contribution in [-0.4, -0.2) is 33.2 Å². The predicted octanol–water partition coefficient (Wildman–Crippen LogP) is 3.65. The molecule has 3 heterocycles. The summed E-state index contributed by atoms with van der Waals surface area (Å²) in [7, 11) is 1.68. The summed E-state index contributed by atoms with van der Waals surface area (Å²) in [5.74, 6) is 4.84. The van der Waals surface area contributed by atoms with Crippen LogP contribution in [0.2, 0.25) is 0 Å². The lowest BCUT2D eigenvalue weighted by Gasteiger charge is -2.13. The molecule has 4 rings (SSSR count). The summed E-state index contributed by atoms with van der Waals surface area (Å²) in [6, 6.07) is 12.1. The van der Waals surface area contributed by atoms with Crippen molar-refractivity contribution in [3.8, 4) is 11.4 Å². The highest BCUT2D eigenvalue weighted by atomic mass is 32.2. The van der Waals surface area contributed by atoms with Crippen LogP contribution in [0.5, 0.6) is 5.75 Å². The van der Waals surface area contributed by atoms with Gasteiger partial charge in [0, 0.05) is 23.6 Å². The molecular formula is C17H17N3OS. The average molecular weight is 311 g/mol. The number of fused-ring (bicyclic) bond motifs is 1. The maximum atomic E-state index is 5.26. The lowest BCUT2D eigenvalue weighted by Crippen LogP contribution is -2.07. The SMILES string of the molecule is COc1ccc(-n2c(C3CCSC3)nc3cccnc32)cc1. The summed E-state index contributed by atoms with van der Waals surface area (Å²) in [5.41, 5.74) is 2.98. The second-order valence-electron chi connectivity index (χ2n) is 5.41. The Labute approximate surface area is 133 Å². The summed E-state index contributed by atoms with van der Waals surface area (Å²) < 4.78 is 7.46. The highest BCUT2D eigenvalue weighted by Gasteiger charge is 2.25. The van der Waals surface area contributed by atoms with Gasteiger partial charge in [0.25, 0.3) is 0 Å². The molecule has 1 saturated heterocycles. The number of nitrogens with zero attached hydrogens (tertiary/aromatic N) is 3. The summed E-state index contributed by atoms with van der Waals surface area (Å²) in [5, 5.41) is 0. The Morgan fingerprint density at radius 3 is 2.82 bits per heavy atom. The highest BCUT2D eigenvalue weighted by Crippen LogP contribution is 2.35. The van der Waals surface area contributed by atoms with Gasteiger partial charge in [0.1, 0.15) is 17.1 Å². The number of aromatic nitrogens is 3. The quantitative estimate of drug-likeness (QED) is 0.740. The normalized spacial score (nSPS) is 18.0. The first-order valence-corrected chi connectivity index (χ1v) is 8.58. The Balaban J connectivity index is 1.90. The van der Waals surface area contributed by atoms with Gasteiger partial charge in [-0.3, -0.25) is 4.57 Å². The van der Waals surface area contributed by atoms with Crippen LogP contribution in [0.15, 0.2) is 42.6 Å². The van der Waals surface area contributed by atoms with Crippen molar-refractivity contribution >= 4 is 22.9 Å². The van der Waals surface area contributed by atoms with Crippen LogP contribution in [0.3, 0.4) is 0 Å². The molecule has 0 amide bonds. The largest absolute Gasteiger partial charge is 0.497 e. The molecule has 0 bridgehead atoms. The number of hydrogen-bond donors (Lipinski definition) is 0. The van der Waals surface area contributed by atoms with E-state index in [1.54, 1.807) is 7.11 Å². The molecule has 0 radical (unpaired) electrons. The Morgan fingerprint density at radius 2 is 2.09 bits per heavy atom. The highest BCUT2D eigenvalue weighted by molar-refractivity contribution is 7.99. The van der Waals surface area contributed by atoms with Crippen molar-refractivity contribution < 1.29 is 4.74 Å². The third-order valence-corrected chi connectivity index (χ3v) is 5.23. The zero-order chi connectivity index (χ0) is 14.9. The van der Waals surface area contributed by atoms with Gasteiger partial charge in [-0.15, -0.1) is 0 Å². The van der Waals surface area contributed by atoms with Crippen LogP contribution >= 0.6 is 11.8 Å². The van der Waals surface area contributed by atoms with Gasteiger partial charge in [-0.25, -0.2) is 9.97 Å². The zero-order valence-corrected chi connectivity index (χ0v) is 13.2. The Kier molecular flexibility index (Phi) is 3.50. The fraction of sp³-hybridized carbons (Fsp3) is 0.294. The molecule has 3 aromatic rings. The summed E-state index contributed by atoms with van der Waals surface area (Å²) in [6.45, 7) is 0. The van der Waals surface area contributed by atoms with E-state index in [4.69, 9.17) is 9.72 Å². The minimum Gasteiger partial charge on any atom is -0.497 e. The number of hydrogen-bond acceptors (Lipinski definition) is 4.